The Labute approximate surface area is 322 Å². The lowest BCUT2D eigenvalue weighted by Gasteiger charge is -2.39. The van der Waals surface area contributed by atoms with E-state index in [0.717, 1.165) is 51.4 Å². The molecule has 0 aliphatic carbocycles. The van der Waals surface area contributed by atoms with E-state index >= 15 is 0 Å². The van der Waals surface area contributed by atoms with Crippen LogP contribution in [-0.4, -0.2) is 89.0 Å². The van der Waals surface area contributed by atoms with Gasteiger partial charge in [-0.3, -0.25) is 9.59 Å². The van der Waals surface area contributed by atoms with Crippen molar-refractivity contribution in [3.63, 3.8) is 0 Å². The van der Waals surface area contributed by atoms with Crippen LogP contribution in [0.5, 0.6) is 0 Å². The van der Waals surface area contributed by atoms with Crippen molar-refractivity contribution in [2.24, 2.45) is 0 Å². The zero-order valence-electron chi connectivity index (χ0n) is 33.8. The largest absolute Gasteiger partial charge is 0.462 e. The van der Waals surface area contributed by atoms with E-state index in [0.29, 0.717) is 6.42 Å². The smallest absolute Gasteiger partial charge is 0.306 e. The molecule has 1 fully saturated rings. The Morgan fingerprint density at radius 3 is 1.47 bits per heavy atom. The summed E-state index contributed by atoms with van der Waals surface area (Å²) in [6, 6.07) is 0. The van der Waals surface area contributed by atoms with Crippen LogP contribution >= 0.6 is 0 Å². The molecule has 1 heterocycles. The minimum atomic E-state index is -1.59. The number of carbonyl (C=O) groups is 2. The number of esters is 2. The molecule has 10 nitrogen and oxygen atoms in total. The maximum Gasteiger partial charge on any atom is 0.306 e. The van der Waals surface area contributed by atoms with Gasteiger partial charge in [0.1, 0.15) is 31.0 Å². The van der Waals surface area contributed by atoms with Crippen LogP contribution in [0.1, 0.15) is 194 Å². The molecule has 0 aromatic rings. The third-order valence-corrected chi connectivity index (χ3v) is 10.2. The lowest BCUT2D eigenvalue weighted by Crippen LogP contribution is -2.59. The van der Waals surface area contributed by atoms with Gasteiger partial charge in [-0.2, -0.15) is 0 Å². The Balaban J connectivity index is 2.35. The van der Waals surface area contributed by atoms with Crippen LogP contribution in [0.2, 0.25) is 0 Å². The van der Waals surface area contributed by atoms with Crippen LogP contribution in [0.15, 0.2) is 12.2 Å². The zero-order valence-corrected chi connectivity index (χ0v) is 33.8. The topological polar surface area (TPSA) is 152 Å². The van der Waals surface area contributed by atoms with Crippen molar-refractivity contribution in [3.8, 4) is 0 Å². The van der Waals surface area contributed by atoms with E-state index in [2.05, 4.69) is 26.0 Å². The number of ether oxygens (including phenoxy) is 4. The molecule has 53 heavy (non-hydrogen) atoms. The summed E-state index contributed by atoms with van der Waals surface area (Å²) in [7, 11) is 0. The Bertz CT molecular complexity index is 881. The molecule has 0 saturated carbocycles. The second-order valence-electron chi connectivity index (χ2n) is 15.2. The summed E-state index contributed by atoms with van der Waals surface area (Å²) in [6.07, 6.45) is 27.9. The minimum Gasteiger partial charge on any atom is -0.462 e. The second-order valence-corrected chi connectivity index (χ2v) is 15.2. The van der Waals surface area contributed by atoms with Gasteiger partial charge in [0.15, 0.2) is 12.4 Å². The van der Waals surface area contributed by atoms with Crippen molar-refractivity contribution in [1.82, 2.24) is 0 Å². The van der Waals surface area contributed by atoms with Crippen molar-refractivity contribution in [1.29, 1.82) is 0 Å². The maximum atomic E-state index is 12.7. The van der Waals surface area contributed by atoms with E-state index in [1.165, 1.54) is 109 Å². The standard InChI is InChI=1S/C43H80O10/c1-3-5-7-9-11-13-15-17-18-20-22-24-26-28-30-32-39(46)52-36(35-51-43-42(49)41(48)40(47)37(33-44)53-43)34-50-38(45)31-29-27-25-23-21-19-16-14-12-10-8-6-4-2/h17-18,36-37,40-44,47-49H,3-16,19-35H2,1-2H3/b18-17-/t36?,37-,40+,41+,42-,43+/m1/s1. The molecule has 0 bridgehead atoms. The SMILES string of the molecule is CCCCCCCC/C=C\CCCCCCCC(=O)OC(COC(=O)CCCCCCCCCCCCCCC)CO[C@H]1O[C@H](CO)[C@H](O)[C@H](O)[C@H]1O. The van der Waals surface area contributed by atoms with Crippen molar-refractivity contribution < 1.29 is 49.0 Å². The third kappa shape index (κ3) is 26.8. The van der Waals surface area contributed by atoms with Gasteiger partial charge in [0.25, 0.3) is 0 Å². The van der Waals surface area contributed by atoms with Crippen molar-refractivity contribution in [3.05, 3.63) is 12.2 Å². The average molecular weight is 757 g/mol. The van der Waals surface area contributed by atoms with Gasteiger partial charge in [0.2, 0.25) is 0 Å². The van der Waals surface area contributed by atoms with Gasteiger partial charge in [-0.1, -0.05) is 154 Å². The molecule has 10 heteroatoms. The van der Waals surface area contributed by atoms with Crippen LogP contribution in [0.25, 0.3) is 0 Å². The number of rotatable bonds is 36. The number of allylic oxidation sites excluding steroid dienone is 2. The molecule has 0 radical (unpaired) electrons. The number of aliphatic hydroxyl groups is 4. The zero-order chi connectivity index (χ0) is 38.8. The van der Waals surface area contributed by atoms with E-state index < -0.39 is 49.4 Å². The highest BCUT2D eigenvalue weighted by molar-refractivity contribution is 5.70. The maximum absolute atomic E-state index is 12.7. The molecule has 1 aliphatic heterocycles. The number of carbonyl (C=O) groups excluding carboxylic acids is 2. The second kappa shape index (κ2) is 34.9. The first kappa shape index (κ1) is 49.5. The molecule has 312 valence electrons. The van der Waals surface area contributed by atoms with Crippen molar-refractivity contribution in [2.45, 2.75) is 230 Å². The Morgan fingerprint density at radius 1 is 0.566 bits per heavy atom. The molecule has 4 N–H and O–H groups in total. The third-order valence-electron chi connectivity index (χ3n) is 10.2. The van der Waals surface area contributed by atoms with Gasteiger partial charge in [-0.05, 0) is 38.5 Å². The highest BCUT2D eigenvalue weighted by Gasteiger charge is 2.44. The monoisotopic (exact) mass is 757 g/mol. The van der Waals surface area contributed by atoms with Gasteiger partial charge >= 0.3 is 11.9 Å². The summed E-state index contributed by atoms with van der Waals surface area (Å²) in [5.41, 5.74) is 0. The van der Waals surface area contributed by atoms with Crippen LogP contribution < -0.4 is 0 Å². The van der Waals surface area contributed by atoms with Crippen LogP contribution in [0.4, 0.5) is 0 Å². The van der Waals surface area contributed by atoms with Crippen LogP contribution in [-0.2, 0) is 28.5 Å². The lowest BCUT2D eigenvalue weighted by molar-refractivity contribution is -0.305. The van der Waals surface area contributed by atoms with E-state index in [1.54, 1.807) is 0 Å². The Kier molecular flexibility index (Phi) is 32.6. The normalized spacial score (nSPS) is 20.9. The number of hydrogen-bond donors (Lipinski definition) is 4. The molecule has 1 aliphatic rings. The molecule has 0 aromatic carbocycles. The predicted molar refractivity (Wildman–Crippen MR) is 210 cm³/mol. The van der Waals surface area contributed by atoms with Crippen molar-refractivity contribution in [2.75, 3.05) is 19.8 Å². The average Bonchev–Trinajstić information content (AvgIpc) is 3.15. The molecular formula is C43H80O10. The van der Waals surface area contributed by atoms with Crippen LogP contribution in [0, 0.1) is 0 Å². The van der Waals surface area contributed by atoms with E-state index in [4.69, 9.17) is 18.9 Å². The number of hydrogen-bond acceptors (Lipinski definition) is 10. The number of aliphatic hydroxyl groups excluding tert-OH is 4. The summed E-state index contributed by atoms with van der Waals surface area (Å²) >= 11 is 0. The van der Waals surface area contributed by atoms with E-state index in [-0.39, 0.29) is 32.0 Å². The number of unbranched alkanes of at least 4 members (excludes halogenated alkanes) is 23. The summed E-state index contributed by atoms with van der Waals surface area (Å²) in [6.45, 7) is 3.41. The molecule has 6 atom stereocenters. The molecule has 1 saturated heterocycles. The van der Waals surface area contributed by atoms with Gasteiger partial charge in [0, 0.05) is 12.8 Å². The highest BCUT2D eigenvalue weighted by atomic mass is 16.7. The van der Waals surface area contributed by atoms with Crippen LogP contribution in [0.3, 0.4) is 0 Å². The molecule has 0 amide bonds. The minimum absolute atomic E-state index is 0.215. The van der Waals surface area contributed by atoms with Crippen molar-refractivity contribution >= 4 is 11.9 Å². The Hall–Kier alpha value is -1.56. The van der Waals surface area contributed by atoms with E-state index in [9.17, 15) is 30.0 Å². The molecule has 0 aromatic heterocycles. The Morgan fingerprint density at radius 2 is 1.00 bits per heavy atom. The summed E-state index contributed by atoms with van der Waals surface area (Å²) in [4.78, 5) is 25.3. The fourth-order valence-electron chi connectivity index (χ4n) is 6.65. The quantitative estimate of drug-likeness (QED) is 0.0277. The summed E-state index contributed by atoms with van der Waals surface area (Å²) in [5.74, 6) is -0.809. The van der Waals surface area contributed by atoms with Gasteiger partial charge < -0.3 is 39.4 Å². The molecular weight excluding hydrogens is 676 g/mol. The first-order chi connectivity index (χ1) is 25.8. The molecule has 0 spiro atoms. The molecule has 1 rings (SSSR count). The van der Waals surface area contributed by atoms with E-state index in [1.807, 2.05) is 0 Å². The van der Waals surface area contributed by atoms with Gasteiger partial charge in [-0.25, -0.2) is 0 Å². The fraction of sp³-hybridized carbons (Fsp3) is 0.907. The van der Waals surface area contributed by atoms with Gasteiger partial charge in [-0.15, -0.1) is 0 Å². The fourth-order valence-corrected chi connectivity index (χ4v) is 6.65. The highest BCUT2D eigenvalue weighted by Crippen LogP contribution is 2.23. The van der Waals surface area contributed by atoms with Gasteiger partial charge in [0.05, 0.1) is 13.2 Å². The summed E-state index contributed by atoms with van der Waals surface area (Å²) < 4.78 is 22.1. The first-order valence-electron chi connectivity index (χ1n) is 21.8. The lowest BCUT2D eigenvalue weighted by atomic mass is 9.99. The first-order valence-corrected chi connectivity index (χ1v) is 21.8. The molecule has 1 unspecified atom stereocenters. The summed E-state index contributed by atoms with van der Waals surface area (Å²) in [5, 5.41) is 40.0. The predicted octanol–water partition coefficient (Wildman–Crippen LogP) is 8.78.